The van der Waals surface area contributed by atoms with Gasteiger partial charge in [0.2, 0.25) is 11.8 Å². The van der Waals surface area contributed by atoms with E-state index in [0.717, 1.165) is 19.4 Å². The van der Waals surface area contributed by atoms with Crippen molar-refractivity contribution in [1.82, 2.24) is 10.2 Å². The minimum atomic E-state index is -0.249. The fraction of sp³-hybridized carbons (Fsp3) is 0.857. The predicted molar refractivity (Wildman–Crippen MR) is 73.7 cm³/mol. The standard InChI is InChI=1S/C14H26N2O3/c1-11(17)16(14(2,3)4)8-7-13(18)15-10-12-6-5-9-19-12/h12H,5-10H2,1-4H3,(H,15,18). The number of carbonyl (C=O) groups is 2. The summed E-state index contributed by atoms with van der Waals surface area (Å²) in [6, 6.07) is 0. The summed E-state index contributed by atoms with van der Waals surface area (Å²) >= 11 is 0. The average Bonchev–Trinajstić information content (AvgIpc) is 2.76. The highest BCUT2D eigenvalue weighted by Crippen LogP contribution is 2.14. The number of nitrogens with zero attached hydrogens (tertiary/aromatic N) is 1. The predicted octanol–water partition coefficient (Wildman–Crippen LogP) is 1.32. The maximum absolute atomic E-state index is 11.7. The van der Waals surface area contributed by atoms with Crippen molar-refractivity contribution >= 4 is 11.8 Å². The fourth-order valence-electron chi connectivity index (χ4n) is 2.30. The molecule has 110 valence electrons. The van der Waals surface area contributed by atoms with Crippen molar-refractivity contribution in [2.24, 2.45) is 0 Å². The van der Waals surface area contributed by atoms with Crippen molar-refractivity contribution in [3.8, 4) is 0 Å². The molecule has 1 atom stereocenters. The van der Waals surface area contributed by atoms with Crippen LogP contribution in [-0.4, -0.2) is 48.1 Å². The highest BCUT2D eigenvalue weighted by Gasteiger charge is 2.24. The first-order chi connectivity index (χ1) is 8.80. The zero-order valence-electron chi connectivity index (χ0n) is 12.5. The van der Waals surface area contributed by atoms with E-state index < -0.39 is 0 Å². The van der Waals surface area contributed by atoms with Crippen LogP contribution < -0.4 is 5.32 Å². The molecule has 0 saturated carbocycles. The Hall–Kier alpha value is -1.10. The molecule has 1 rings (SSSR count). The second-order valence-corrected chi connectivity index (χ2v) is 6.03. The van der Waals surface area contributed by atoms with E-state index in [1.807, 2.05) is 20.8 Å². The largest absolute Gasteiger partial charge is 0.376 e. The molecule has 1 N–H and O–H groups in total. The maximum atomic E-state index is 11.7. The first-order valence-electron chi connectivity index (χ1n) is 6.97. The zero-order valence-corrected chi connectivity index (χ0v) is 12.5. The van der Waals surface area contributed by atoms with Gasteiger partial charge in [0.25, 0.3) is 0 Å². The van der Waals surface area contributed by atoms with Gasteiger partial charge in [-0.25, -0.2) is 0 Å². The van der Waals surface area contributed by atoms with Crippen LogP contribution in [0.1, 0.15) is 47.0 Å². The molecule has 0 spiro atoms. The highest BCUT2D eigenvalue weighted by atomic mass is 16.5. The summed E-state index contributed by atoms with van der Waals surface area (Å²) in [5.74, 6) is -0.0228. The molecule has 1 heterocycles. The van der Waals surface area contributed by atoms with E-state index in [-0.39, 0.29) is 23.5 Å². The van der Waals surface area contributed by atoms with Gasteiger partial charge in [0.1, 0.15) is 0 Å². The van der Waals surface area contributed by atoms with Crippen molar-refractivity contribution < 1.29 is 14.3 Å². The number of amides is 2. The van der Waals surface area contributed by atoms with E-state index in [2.05, 4.69) is 5.32 Å². The molecule has 1 aliphatic heterocycles. The molecule has 5 nitrogen and oxygen atoms in total. The van der Waals surface area contributed by atoms with Crippen LogP contribution in [0.25, 0.3) is 0 Å². The van der Waals surface area contributed by atoms with Gasteiger partial charge >= 0.3 is 0 Å². The van der Waals surface area contributed by atoms with Gasteiger partial charge in [0, 0.05) is 38.6 Å². The van der Waals surface area contributed by atoms with Gasteiger partial charge in [-0.3, -0.25) is 9.59 Å². The molecule has 1 fully saturated rings. The summed E-state index contributed by atoms with van der Waals surface area (Å²) in [5.41, 5.74) is -0.249. The lowest BCUT2D eigenvalue weighted by Crippen LogP contribution is -2.46. The quantitative estimate of drug-likeness (QED) is 0.819. The van der Waals surface area contributed by atoms with Crippen molar-refractivity contribution in [2.45, 2.75) is 58.6 Å². The third-order valence-electron chi connectivity index (χ3n) is 3.30. The van der Waals surface area contributed by atoms with Crippen LogP contribution in [0, 0.1) is 0 Å². The molecule has 19 heavy (non-hydrogen) atoms. The Labute approximate surface area is 115 Å². The second kappa shape index (κ2) is 6.89. The van der Waals surface area contributed by atoms with E-state index in [1.54, 1.807) is 4.90 Å². The first kappa shape index (κ1) is 16.0. The summed E-state index contributed by atoms with van der Waals surface area (Å²) in [6.45, 7) is 9.28. The molecule has 1 unspecified atom stereocenters. The molecule has 5 heteroatoms. The van der Waals surface area contributed by atoms with Gasteiger partial charge < -0.3 is 15.0 Å². The summed E-state index contributed by atoms with van der Waals surface area (Å²) in [4.78, 5) is 25.0. The number of carbonyl (C=O) groups excluding carboxylic acids is 2. The van der Waals surface area contributed by atoms with Gasteiger partial charge in [-0.15, -0.1) is 0 Å². The Balaban J connectivity index is 2.29. The van der Waals surface area contributed by atoms with Crippen LogP contribution in [0.4, 0.5) is 0 Å². The van der Waals surface area contributed by atoms with Crippen molar-refractivity contribution in [3.63, 3.8) is 0 Å². The molecule has 0 bridgehead atoms. The minimum Gasteiger partial charge on any atom is -0.376 e. The fourth-order valence-corrected chi connectivity index (χ4v) is 2.30. The monoisotopic (exact) mass is 270 g/mol. The number of nitrogens with one attached hydrogen (secondary N) is 1. The smallest absolute Gasteiger partial charge is 0.221 e. The van der Waals surface area contributed by atoms with Crippen molar-refractivity contribution in [1.29, 1.82) is 0 Å². The number of hydrogen-bond donors (Lipinski definition) is 1. The molecular weight excluding hydrogens is 244 g/mol. The van der Waals surface area contributed by atoms with Gasteiger partial charge in [0.05, 0.1) is 6.10 Å². The van der Waals surface area contributed by atoms with E-state index >= 15 is 0 Å². The number of ether oxygens (including phenoxy) is 1. The van der Waals surface area contributed by atoms with Crippen LogP contribution in [0.2, 0.25) is 0 Å². The van der Waals surface area contributed by atoms with Gasteiger partial charge in [-0.1, -0.05) is 0 Å². The van der Waals surface area contributed by atoms with E-state index in [0.29, 0.717) is 19.5 Å². The molecule has 2 amide bonds. The Bertz CT molecular complexity index is 317. The lowest BCUT2D eigenvalue weighted by molar-refractivity contribution is -0.134. The number of rotatable bonds is 5. The van der Waals surface area contributed by atoms with Crippen LogP contribution in [0.15, 0.2) is 0 Å². The summed E-state index contributed by atoms with van der Waals surface area (Å²) in [5, 5.41) is 2.87. The van der Waals surface area contributed by atoms with Crippen LogP contribution in [-0.2, 0) is 14.3 Å². The van der Waals surface area contributed by atoms with Gasteiger partial charge in [-0.2, -0.15) is 0 Å². The summed E-state index contributed by atoms with van der Waals surface area (Å²) < 4.78 is 5.44. The lowest BCUT2D eigenvalue weighted by Gasteiger charge is -2.34. The summed E-state index contributed by atoms with van der Waals surface area (Å²) in [7, 11) is 0. The summed E-state index contributed by atoms with van der Waals surface area (Å²) in [6.07, 6.45) is 2.59. The van der Waals surface area contributed by atoms with Gasteiger partial charge in [0.15, 0.2) is 0 Å². The van der Waals surface area contributed by atoms with Crippen LogP contribution in [0.3, 0.4) is 0 Å². The molecule has 0 aliphatic carbocycles. The maximum Gasteiger partial charge on any atom is 0.221 e. The third kappa shape index (κ3) is 5.59. The Morgan fingerprint density at radius 1 is 1.37 bits per heavy atom. The normalized spacial score (nSPS) is 19.3. The van der Waals surface area contributed by atoms with Crippen LogP contribution >= 0.6 is 0 Å². The Kier molecular flexibility index (Phi) is 5.79. The number of hydrogen-bond acceptors (Lipinski definition) is 3. The molecule has 1 saturated heterocycles. The Morgan fingerprint density at radius 2 is 2.05 bits per heavy atom. The topological polar surface area (TPSA) is 58.6 Å². The molecule has 1 aliphatic rings. The third-order valence-corrected chi connectivity index (χ3v) is 3.30. The molecular formula is C14H26N2O3. The molecule has 0 aromatic carbocycles. The van der Waals surface area contributed by atoms with E-state index in [1.165, 1.54) is 6.92 Å². The van der Waals surface area contributed by atoms with Crippen molar-refractivity contribution in [3.05, 3.63) is 0 Å². The Morgan fingerprint density at radius 3 is 2.53 bits per heavy atom. The lowest BCUT2D eigenvalue weighted by atomic mass is 10.1. The zero-order chi connectivity index (χ0) is 14.5. The SMILES string of the molecule is CC(=O)N(CCC(=O)NCC1CCCO1)C(C)(C)C. The van der Waals surface area contributed by atoms with E-state index in [4.69, 9.17) is 4.74 Å². The first-order valence-corrected chi connectivity index (χ1v) is 6.97. The molecule has 0 aromatic rings. The molecule has 0 radical (unpaired) electrons. The van der Waals surface area contributed by atoms with Gasteiger partial charge in [-0.05, 0) is 33.6 Å². The average molecular weight is 270 g/mol. The minimum absolute atomic E-state index is 0.000531. The molecule has 0 aromatic heterocycles. The second-order valence-electron chi connectivity index (χ2n) is 6.03. The van der Waals surface area contributed by atoms with Crippen molar-refractivity contribution in [2.75, 3.05) is 19.7 Å². The van der Waals surface area contributed by atoms with Crippen LogP contribution in [0.5, 0.6) is 0 Å². The highest BCUT2D eigenvalue weighted by molar-refractivity contribution is 5.78. The van der Waals surface area contributed by atoms with E-state index in [9.17, 15) is 9.59 Å².